The van der Waals surface area contributed by atoms with Gasteiger partial charge >= 0.3 is 0 Å². The van der Waals surface area contributed by atoms with Crippen LogP contribution in [0.1, 0.15) is 27.9 Å². The molecule has 1 aliphatic heterocycles. The molecule has 2 N–H and O–H groups in total. The monoisotopic (exact) mass is 432 g/mol. The Labute approximate surface area is 185 Å². The molecule has 0 aromatic heterocycles. The van der Waals surface area contributed by atoms with Gasteiger partial charge in [-0.25, -0.2) is 0 Å². The predicted molar refractivity (Wildman–Crippen MR) is 122 cm³/mol. The van der Waals surface area contributed by atoms with Crippen molar-refractivity contribution < 1.29 is 14.3 Å². The minimum absolute atomic E-state index is 0.160. The number of amides is 2. The number of ether oxygens (including phenoxy) is 1. The van der Waals surface area contributed by atoms with Crippen LogP contribution in [0.5, 0.6) is 5.75 Å². The van der Waals surface area contributed by atoms with Gasteiger partial charge in [-0.1, -0.05) is 54.1 Å². The van der Waals surface area contributed by atoms with Gasteiger partial charge in [0.2, 0.25) is 0 Å². The Morgan fingerprint density at radius 1 is 1.03 bits per heavy atom. The topological polar surface area (TPSA) is 67.4 Å². The Kier molecular flexibility index (Phi) is 6.34. The fourth-order valence-electron chi connectivity index (χ4n) is 3.29. The van der Waals surface area contributed by atoms with Crippen molar-refractivity contribution in [2.45, 2.75) is 12.8 Å². The van der Waals surface area contributed by atoms with Crippen LogP contribution in [-0.2, 0) is 11.2 Å². The quantitative estimate of drug-likeness (QED) is 0.422. The number of halogens is 1. The molecule has 6 heteroatoms. The molecule has 0 saturated heterocycles. The second kappa shape index (κ2) is 9.49. The van der Waals surface area contributed by atoms with Crippen LogP contribution in [0.25, 0.3) is 6.08 Å². The number of hydrogen-bond donors (Lipinski definition) is 2. The van der Waals surface area contributed by atoms with Crippen LogP contribution in [0, 0.1) is 0 Å². The smallest absolute Gasteiger partial charge is 0.291 e. The van der Waals surface area contributed by atoms with Crippen molar-refractivity contribution >= 4 is 35.2 Å². The molecule has 0 fully saturated rings. The molecular weight excluding hydrogens is 412 g/mol. The van der Waals surface area contributed by atoms with Crippen LogP contribution in [-0.4, -0.2) is 18.4 Å². The fourth-order valence-corrected chi connectivity index (χ4v) is 3.49. The largest absolute Gasteiger partial charge is 0.449 e. The summed E-state index contributed by atoms with van der Waals surface area (Å²) in [6.07, 6.45) is 3.37. The first-order valence-electron chi connectivity index (χ1n) is 10.0. The number of benzene rings is 3. The van der Waals surface area contributed by atoms with Gasteiger partial charge in [-0.15, -0.1) is 0 Å². The van der Waals surface area contributed by atoms with E-state index in [0.29, 0.717) is 28.6 Å². The highest BCUT2D eigenvalue weighted by Gasteiger charge is 2.23. The van der Waals surface area contributed by atoms with E-state index in [9.17, 15) is 9.59 Å². The van der Waals surface area contributed by atoms with Gasteiger partial charge in [-0.05, 0) is 60.4 Å². The number of rotatable bonds is 6. The highest BCUT2D eigenvalue weighted by molar-refractivity contribution is 6.30. The molecule has 31 heavy (non-hydrogen) atoms. The molecule has 0 unspecified atom stereocenters. The standard InChI is InChI=1S/C25H21ClN2O3/c26-20-10-4-8-18(14-20)15-23-25(30)28-21-16-19(11-12-22(21)31-23)24(29)27-13-5-9-17-6-2-1-3-7-17/h1-4,6-8,10-12,14-16H,5,9,13H2,(H,27,29)(H,28,30). The van der Waals surface area contributed by atoms with E-state index in [1.807, 2.05) is 24.3 Å². The summed E-state index contributed by atoms with van der Waals surface area (Å²) in [6.45, 7) is 0.570. The van der Waals surface area contributed by atoms with E-state index in [2.05, 4.69) is 22.8 Å². The Morgan fingerprint density at radius 2 is 1.87 bits per heavy atom. The molecule has 2 amide bonds. The minimum atomic E-state index is -0.382. The van der Waals surface area contributed by atoms with Crippen molar-refractivity contribution in [2.75, 3.05) is 11.9 Å². The number of aryl methyl sites for hydroxylation is 1. The SMILES string of the molecule is O=C1Nc2cc(C(=O)NCCCc3ccccc3)ccc2OC1=Cc1cccc(Cl)c1. The average Bonchev–Trinajstić information content (AvgIpc) is 2.77. The number of nitrogens with one attached hydrogen (secondary N) is 2. The predicted octanol–water partition coefficient (Wildman–Crippen LogP) is 5.07. The van der Waals surface area contributed by atoms with Crippen LogP contribution >= 0.6 is 11.6 Å². The molecule has 0 atom stereocenters. The van der Waals surface area contributed by atoms with E-state index >= 15 is 0 Å². The Hall–Kier alpha value is -3.57. The van der Waals surface area contributed by atoms with E-state index < -0.39 is 0 Å². The van der Waals surface area contributed by atoms with Crippen molar-refractivity contribution in [3.05, 3.63) is 100 Å². The maximum atomic E-state index is 12.5. The number of carbonyl (C=O) groups excluding carboxylic acids is 2. The van der Waals surface area contributed by atoms with Gasteiger partial charge in [0, 0.05) is 17.1 Å². The summed E-state index contributed by atoms with van der Waals surface area (Å²) in [5.41, 5.74) is 2.93. The summed E-state index contributed by atoms with van der Waals surface area (Å²) >= 11 is 6.00. The second-order valence-corrected chi connectivity index (χ2v) is 7.61. The van der Waals surface area contributed by atoms with Gasteiger partial charge in [0.25, 0.3) is 11.8 Å². The highest BCUT2D eigenvalue weighted by atomic mass is 35.5. The lowest BCUT2D eigenvalue weighted by Crippen LogP contribution is -2.26. The average molecular weight is 433 g/mol. The van der Waals surface area contributed by atoms with Crippen molar-refractivity contribution in [2.24, 2.45) is 0 Å². The van der Waals surface area contributed by atoms with Gasteiger partial charge in [0.1, 0.15) is 0 Å². The molecule has 5 nitrogen and oxygen atoms in total. The van der Waals surface area contributed by atoms with Gasteiger partial charge in [0.15, 0.2) is 11.5 Å². The zero-order chi connectivity index (χ0) is 21.6. The van der Waals surface area contributed by atoms with Gasteiger partial charge in [0.05, 0.1) is 5.69 Å². The molecule has 0 radical (unpaired) electrons. The lowest BCUT2D eigenvalue weighted by atomic mass is 10.1. The number of hydrogen-bond acceptors (Lipinski definition) is 3. The Balaban J connectivity index is 1.38. The summed E-state index contributed by atoms with van der Waals surface area (Å²) in [4.78, 5) is 24.9. The molecule has 0 spiro atoms. The van der Waals surface area contributed by atoms with Gasteiger partial charge < -0.3 is 15.4 Å². The molecule has 0 bridgehead atoms. The summed E-state index contributed by atoms with van der Waals surface area (Å²) in [5, 5.41) is 6.28. The van der Waals surface area contributed by atoms with Crippen LogP contribution in [0.4, 0.5) is 5.69 Å². The van der Waals surface area contributed by atoms with Crippen molar-refractivity contribution in [1.29, 1.82) is 0 Å². The molecule has 1 heterocycles. The first-order valence-corrected chi connectivity index (χ1v) is 10.4. The maximum Gasteiger partial charge on any atom is 0.291 e. The molecule has 156 valence electrons. The Bertz CT molecular complexity index is 1140. The molecule has 3 aromatic carbocycles. The molecular formula is C25H21ClN2O3. The van der Waals surface area contributed by atoms with E-state index in [4.69, 9.17) is 16.3 Å². The second-order valence-electron chi connectivity index (χ2n) is 7.18. The van der Waals surface area contributed by atoms with E-state index in [-0.39, 0.29) is 17.6 Å². The van der Waals surface area contributed by atoms with Crippen LogP contribution < -0.4 is 15.4 Å². The van der Waals surface area contributed by atoms with Crippen LogP contribution in [0.3, 0.4) is 0 Å². The Morgan fingerprint density at radius 3 is 2.68 bits per heavy atom. The summed E-state index contributed by atoms with van der Waals surface area (Å²) in [5.74, 6) is 0.0691. The zero-order valence-electron chi connectivity index (χ0n) is 16.7. The summed E-state index contributed by atoms with van der Waals surface area (Å²) < 4.78 is 5.74. The fraction of sp³-hybridized carbons (Fsp3) is 0.120. The highest BCUT2D eigenvalue weighted by Crippen LogP contribution is 2.32. The number of fused-ring (bicyclic) bond motifs is 1. The lowest BCUT2D eigenvalue weighted by molar-refractivity contribution is -0.115. The molecule has 3 aromatic rings. The summed E-state index contributed by atoms with van der Waals surface area (Å²) in [7, 11) is 0. The third-order valence-corrected chi connectivity index (χ3v) is 5.09. The number of anilines is 1. The molecule has 0 saturated carbocycles. The molecule has 4 rings (SSSR count). The molecule has 0 aliphatic carbocycles. The van der Waals surface area contributed by atoms with Gasteiger partial charge in [-0.2, -0.15) is 0 Å². The van der Waals surface area contributed by atoms with Crippen LogP contribution in [0.15, 0.2) is 78.6 Å². The third-order valence-electron chi connectivity index (χ3n) is 4.85. The summed E-state index contributed by atoms with van der Waals surface area (Å²) in [6, 6.07) is 22.3. The lowest BCUT2D eigenvalue weighted by Gasteiger charge is -2.20. The van der Waals surface area contributed by atoms with E-state index in [1.54, 1.807) is 42.5 Å². The van der Waals surface area contributed by atoms with Crippen molar-refractivity contribution in [1.82, 2.24) is 5.32 Å². The normalized spacial score (nSPS) is 13.8. The zero-order valence-corrected chi connectivity index (χ0v) is 17.5. The number of carbonyl (C=O) groups is 2. The van der Waals surface area contributed by atoms with E-state index in [1.165, 1.54) is 5.56 Å². The van der Waals surface area contributed by atoms with E-state index in [0.717, 1.165) is 18.4 Å². The van der Waals surface area contributed by atoms with Gasteiger partial charge in [-0.3, -0.25) is 9.59 Å². The maximum absolute atomic E-state index is 12.5. The first-order chi connectivity index (χ1) is 15.1. The van der Waals surface area contributed by atoms with Crippen LogP contribution in [0.2, 0.25) is 5.02 Å². The third kappa shape index (κ3) is 5.32. The van der Waals surface area contributed by atoms with Crippen molar-refractivity contribution in [3.8, 4) is 5.75 Å². The van der Waals surface area contributed by atoms with Crippen molar-refractivity contribution in [3.63, 3.8) is 0 Å². The first kappa shape index (κ1) is 20.7. The molecule has 1 aliphatic rings. The minimum Gasteiger partial charge on any atom is -0.449 e.